The molecule has 204 valence electrons. The van der Waals surface area contributed by atoms with Crippen molar-refractivity contribution < 1.29 is 50.9 Å². The smallest absolute Gasteiger partial charge is 0.475 e. The molecule has 16 heteroatoms. The number of hydrogen-bond acceptors (Lipinski definition) is 8. The minimum absolute atomic E-state index is 0.152. The average Bonchev–Trinajstić information content (AvgIpc) is 2.79. The van der Waals surface area contributed by atoms with Crippen LogP contribution >= 0.6 is 0 Å². The highest BCUT2D eigenvalue weighted by molar-refractivity contribution is 5.73. The third-order valence-electron chi connectivity index (χ3n) is 5.09. The van der Waals surface area contributed by atoms with Gasteiger partial charge in [0.1, 0.15) is 17.5 Å². The summed E-state index contributed by atoms with van der Waals surface area (Å²) in [5, 5.41) is 17.5. The average molecular weight is 539 g/mol. The van der Waals surface area contributed by atoms with Gasteiger partial charge >= 0.3 is 24.3 Å². The predicted octanol–water partition coefficient (Wildman–Crippen LogP) is 3.81. The minimum atomic E-state index is -5.08. The SMILES string of the molecule is O=C(O)C(F)(F)F.O=C(O)C(F)(F)F.c1ccc(Nc2ccnc(C3COCCN3C3CCC3)n2)nc1. The molecule has 0 spiro atoms. The van der Waals surface area contributed by atoms with E-state index in [1.165, 1.54) is 19.3 Å². The van der Waals surface area contributed by atoms with Crippen LogP contribution in [0.3, 0.4) is 0 Å². The lowest BCUT2D eigenvalue weighted by Crippen LogP contribution is -2.49. The second-order valence-electron chi connectivity index (χ2n) is 7.66. The van der Waals surface area contributed by atoms with Crippen LogP contribution in [0.25, 0.3) is 0 Å². The van der Waals surface area contributed by atoms with Gasteiger partial charge in [0.15, 0.2) is 0 Å². The molecule has 2 fully saturated rings. The Morgan fingerprint density at radius 1 is 0.946 bits per heavy atom. The molecule has 10 nitrogen and oxygen atoms in total. The van der Waals surface area contributed by atoms with E-state index in [4.69, 9.17) is 29.5 Å². The summed E-state index contributed by atoms with van der Waals surface area (Å²) < 4.78 is 69.2. The molecule has 0 aromatic carbocycles. The topological polar surface area (TPSA) is 138 Å². The molecule has 1 saturated carbocycles. The summed E-state index contributed by atoms with van der Waals surface area (Å²) in [7, 11) is 0. The van der Waals surface area contributed by atoms with E-state index in [-0.39, 0.29) is 6.04 Å². The van der Waals surface area contributed by atoms with E-state index < -0.39 is 24.3 Å². The van der Waals surface area contributed by atoms with Gasteiger partial charge in [0.2, 0.25) is 0 Å². The second kappa shape index (κ2) is 13.1. The Labute approximate surface area is 206 Å². The molecule has 2 aromatic rings. The number of ether oxygens (including phenoxy) is 1. The largest absolute Gasteiger partial charge is 0.490 e. The monoisotopic (exact) mass is 539 g/mol. The van der Waals surface area contributed by atoms with Crippen LogP contribution in [0.15, 0.2) is 36.7 Å². The van der Waals surface area contributed by atoms with Crippen molar-refractivity contribution >= 4 is 23.6 Å². The van der Waals surface area contributed by atoms with E-state index in [9.17, 15) is 26.3 Å². The first kappa shape index (κ1) is 29.7. The number of alkyl halides is 6. The fraction of sp³-hybridized carbons (Fsp3) is 0.476. The highest BCUT2D eigenvalue weighted by Gasteiger charge is 2.39. The first-order chi connectivity index (χ1) is 17.3. The van der Waals surface area contributed by atoms with Crippen LogP contribution in [-0.4, -0.2) is 80.2 Å². The van der Waals surface area contributed by atoms with E-state index in [1.807, 2.05) is 24.3 Å². The lowest BCUT2D eigenvalue weighted by Gasteiger charge is -2.44. The number of nitrogens with one attached hydrogen (secondary N) is 1. The normalized spacial score (nSPS) is 18.3. The maximum atomic E-state index is 10.6. The van der Waals surface area contributed by atoms with Crippen molar-refractivity contribution in [1.29, 1.82) is 0 Å². The number of halogens is 6. The van der Waals surface area contributed by atoms with Crippen molar-refractivity contribution in [3.63, 3.8) is 0 Å². The maximum Gasteiger partial charge on any atom is 0.490 e. The summed E-state index contributed by atoms with van der Waals surface area (Å²) in [5.41, 5.74) is 0. The summed E-state index contributed by atoms with van der Waals surface area (Å²) in [6.45, 7) is 2.44. The van der Waals surface area contributed by atoms with Crippen LogP contribution in [-0.2, 0) is 14.3 Å². The fourth-order valence-corrected chi connectivity index (χ4v) is 3.17. The Morgan fingerprint density at radius 3 is 2.05 bits per heavy atom. The minimum Gasteiger partial charge on any atom is -0.475 e. The van der Waals surface area contributed by atoms with Gasteiger partial charge in [-0.1, -0.05) is 12.5 Å². The van der Waals surface area contributed by atoms with Crippen molar-refractivity contribution in [3.8, 4) is 0 Å². The van der Waals surface area contributed by atoms with Gasteiger partial charge in [0.05, 0.1) is 19.3 Å². The standard InChI is InChI=1S/C17H21N5O.2C2HF3O2/c1-2-8-18-15(6-1)20-16-7-9-19-17(21-16)14-12-23-11-10-22(14)13-4-3-5-13;2*3-2(4,5)1(6)7/h1-2,6-9,13-14H,3-5,10-12H2,(H,18,19,20,21);2*(H,6,7). The summed E-state index contributed by atoms with van der Waals surface area (Å²) in [6.07, 6.45) is -2.71. The Morgan fingerprint density at radius 2 is 1.57 bits per heavy atom. The van der Waals surface area contributed by atoms with Gasteiger partial charge in [-0.2, -0.15) is 26.3 Å². The predicted molar refractivity (Wildman–Crippen MR) is 115 cm³/mol. The number of pyridine rings is 1. The summed E-state index contributed by atoms with van der Waals surface area (Å²) in [5.74, 6) is -3.13. The highest BCUT2D eigenvalue weighted by atomic mass is 19.4. The molecule has 1 saturated heterocycles. The number of morpholine rings is 1. The first-order valence-corrected chi connectivity index (χ1v) is 10.7. The third-order valence-corrected chi connectivity index (χ3v) is 5.09. The zero-order valence-electron chi connectivity index (χ0n) is 19.0. The molecule has 1 unspecified atom stereocenters. The van der Waals surface area contributed by atoms with Gasteiger partial charge in [0, 0.05) is 25.0 Å². The lowest BCUT2D eigenvalue weighted by atomic mass is 9.90. The molecule has 1 aliphatic heterocycles. The molecule has 4 rings (SSSR count). The Kier molecular flexibility index (Phi) is 10.5. The van der Waals surface area contributed by atoms with Crippen molar-refractivity contribution in [2.45, 2.75) is 43.7 Å². The molecule has 3 N–H and O–H groups in total. The molecule has 0 bridgehead atoms. The summed E-state index contributed by atoms with van der Waals surface area (Å²) in [6, 6.07) is 8.46. The lowest BCUT2D eigenvalue weighted by molar-refractivity contribution is -0.193. The maximum absolute atomic E-state index is 10.6. The van der Waals surface area contributed by atoms with E-state index in [0.717, 1.165) is 30.6 Å². The van der Waals surface area contributed by atoms with Gasteiger partial charge in [-0.15, -0.1) is 0 Å². The van der Waals surface area contributed by atoms with Crippen molar-refractivity contribution in [3.05, 3.63) is 42.5 Å². The molecule has 37 heavy (non-hydrogen) atoms. The number of hydrogen-bond donors (Lipinski definition) is 3. The van der Waals surface area contributed by atoms with E-state index >= 15 is 0 Å². The van der Waals surface area contributed by atoms with Crippen LogP contribution in [0.5, 0.6) is 0 Å². The number of carboxylic acids is 2. The number of nitrogens with zero attached hydrogens (tertiary/aromatic N) is 4. The molecule has 0 radical (unpaired) electrons. The van der Waals surface area contributed by atoms with E-state index in [1.54, 1.807) is 12.4 Å². The van der Waals surface area contributed by atoms with Crippen molar-refractivity contribution in [2.24, 2.45) is 0 Å². The number of aliphatic carboxylic acids is 2. The zero-order valence-corrected chi connectivity index (χ0v) is 19.0. The second-order valence-corrected chi connectivity index (χ2v) is 7.66. The number of carboxylic acid groups (broad SMARTS) is 2. The van der Waals surface area contributed by atoms with Gasteiger partial charge in [-0.3, -0.25) is 4.90 Å². The molecule has 1 aliphatic carbocycles. The van der Waals surface area contributed by atoms with Gasteiger partial charge in [-0.05, 0) is 31.0 Å². The van der Waals surface area contributed by atoms with E-state index in [2.05, 4.69) is 20.2 Å². The number of carbonyl (C=O) groups is 2. The zero-order chi connectivity index (χ0) is 27.6. The van der Waals surface area contributed by atoms with Crippen molar-refractivity contribution in [2.75, 3.05) is 25.1 Å². The first-order valence-electron chi connectivity index (χ1n) is 10.7. The van der Waals surface area contributed by atoms with Crippen LogP contribution in [0.4, 0.5) is 38.0 Å². The molecule has 3 heterocycles. The summed E-state index contributed by atoms with van der Waals surface area (Å²) in [4.78, 5) is 33.8. The number of anilines is 2. The van der Waals surface area contributed by atoms with E-state index in [0.29, 0.717) is 12.6 Å². The fourth-order valence-electron chi connectivity index (χ4n) is 3.17. The van der Waals surface area contributed by atoms with Gasteiger partial charge < -0.3 is 20.3 Å². The molecule has 1 atom stereocenters. The van der Waals surface area contributed by atoms with Crippen LogP contribution in [0.1, 0.15) is 31.1 Å². The third kappa shape index (κ3) is 9.80. The molecule has 2 aliphatic rings. The Bertz CT molecular complexity index is 997. The summed E-state index contributed by atoms with van der Waals surface area (Å²) >= 11 is 0. The van der Waals surface area contributed by atoms with Crippen molar-refractivity contribution in [1.82, 2.24) is 19.9 Å². The molecular weight excluding hydrogens is 516 g/mol. The molecular formula is C21H23F6N5O5. The van der Waals surface area contributed by atoms with Crippen LogP contribution < -0.4 is 5.32 Å². The van der Waals surface area contributed by atoms with Gasteiger partial charge in [0.25, 0.3) is 0 Å². The Hall–Kier alpha value is -3.53. The number of aromatic nitrogens is 3. The molecule has 2 aromatic heterocycles. The number of rotatable bonds is 4. The Balaban J connectivity index is 0.000000286. The van der Waals surface area contributed by atoms with Gasteiger partial charge in [-0.25, -0.2) is 24.5 Å². The molecule has 0 amide bonds. The van der Waals surface area contributed by atoms with Crippen LogP contribution in [0.2, 0.25) is 0 Å². The quantitative estimate of drug-likeness (QED) is 0.492. The van der Waals surface area contributed by atoms with Crippen LogP contribution in [0, 0.1) is 0 Å². The highest BCUT2D eigenvalue weighted by Crippen LogP contribution is 2.33.